The molecule has 0 fully saturated rings. The van der Waals surface area contributed by atoms with Crippen LogP contribution >= 0.6 is 11.6 Å². The van der Waals surface area contributed by atoms with Crippen LogP contribution in [0, 0.1) is 0 Å². The summed E-state index contributed by atoms with van der Waals surface area (Å²) in [5.41, 5.74) is -4.98. The SMILES string of the molecule is C/C(=C/c1ccc(Cl)cc1)OS(=O)(=O)C(F)(F)F. The second-order valence-electron chi connectivity index (χ2n) is 3.29. The molecule has 0 heterocycles. The van der Waals surface area contributed by atoms with Gasteiger partial charge in [0.05, 0.1) is 0 Å². The third kappa shape index (κ3) is 3.92. The summed E-state index contributed by atoms with van der Waals surface area (Å²) < 4.78 is 61.4. The fraction of sp³-hybridized carbons (Fsp3) is 0.200. The molecule has 0 aromatic heterocycles. The zero-order valence-corrected chi connectivity index (χ0v) is 10.6. The zero-order valence-electron chi connectivity index (χ0n) is 9.03. The summed E-state index contributed by atoms with van der Waals surface area (Å²) in [6.45, 7) is 1.11. The number of alkyl halides is 3. The summed E-state index contributed by atoms with van der Waals surface area (Å²) in [7, 11) is -5.62. The number of hydrogen-bond donors (Lipinski definition) is 0. The average molecular weight is 301 g/mol. The Morgan fingerprint density at radius 3 is 2.22 bits per heavy atom. The molecule has 0 unspecified atom stereocenters. The van der Waals surface area contributed by atoms with Crippen LogP contribution in [-0.4, -0.2) is 13.9 Å². The van der Waals surface area contributed by atoms with Gasteiger partial charge in [0.2, 0.25) is 0 Å². The van der Waals surface area contributed by atoms with Crippen LogP contribution < -0.4 is 0 Å². The molecule has 0 bridgehead atoms. The van der Waals surface area contributed by atoms with E-state index in [0.29, 0.717) is 10.6 Å². The van der Waals surface area contributed by atoms with Gasteiger partial charge in [-0.05, 0) is 30.7 Å². The number of benzene rings is 1. The lowest BCUT2D eigenvalue weighted by atomic mass is 10.2. The Hall–Kier alpha value is -1.21. The van der Waals surface area contributed by atoms with Gasteiger partial charge in [-0.25, -0.2) is 0 Å². The largest absolute Gasteiger partial charge is 0.534 e. The van der Waals surface area contributed by atoms with Gasteiger partial charge in [0.25, 0.3) is 0 Å². The number of rotatable bonds is 3. The van der Waals surface area contributed by atoms with E-state index >= 15 is 0 Å². The Balaban J connectivity index is 2.90. The summed E-state index contributed by atoms with van der Waals surface area (Å²) in [4.78, 5) is 0. The van der Waals surface area contributed by atoms with Gasteiger partial charge in [-0.1, -0.05) is 23.7 Å². The highest BCUT2D eigenvalue weighted by molar-refractivity contribution is 7.87. The Bertz CT molecular complexity index is 547. The van der Waals surface area contributed by atoms with Gasteiger partial charge in [-0.2, -0.15) is 21.6 Å². The van der Waals surface area contributed by atoms with Gasteiger partial charge >= 0.3 is 15.6 Å². The number of halogens is 4. The summed E-state index contributed by atoms with van der Waals surface area (Å²) in [6.07, 6.45) is 1.15. The molecule has 0 amide bonds. The average Bonchev–Trinajstić information content (AvgIpc) is 2.19. The lowest BCUT2D eigenvalue weighted by molar-refractivity contribution is -0.0521. The van der Waals surface area contributed by atoms with Gasteiger partial charge in [-0.3, -0.25) is 0 Å². The molecule has 1 aromatic carbocycles. The van der Waals surface area contributed by atoms with Crippen molar-refractivity contribution in [3.05, 3.63) is 40.6 Å². The molecule has 0 saturated heterocycles. The van der Waals surface area contributed by atoms with Crippen LogP contribution in [0.5, 0.6) is 0 Å². The van der Waals surface area contributed by atoms with Crippen molar-refractivity contribution < 1.29 is 25.8 Å². The van der Waals surface area contributed by atoms with Crippen molar-refractivity contribution >= 4 is 27.8 Å². The van der Waals surface area contributed by atoms with Crippen LogP contribution in [0.2, 0.25) is 5.02 Å². The maximum Gasteiger partial charge on any atom is 0.534 e. The van der Waals surface area contributed by atoms with E-state index in [1.807, 2.05) is 0 Å². The van der Waals surface area contributed by atoms with E-state index in [1.165, 1.54) is 24.3 Å². The minimum Gasteiger partial charge on any atom is -0.381 e. The molecule has 0 spiro atoms. The highest BCUT2D eigenvalue weighted by atomic mass is 35.5. The Morgan fingerprint density at radius 2 is 1.78 bits per heavy atom. The maximum absolute atomic E-state index is 12.0. The molecule has 1 aromatic rings. The molecule has 8 heteroatoms. The summed E-state index contributed by atoms with van der Waals surface area (Å²) >= 11 is 5.62. The number of allylic oxidation sites excluding steroid dienone is 1. The first-order valence-electron chi connectivity index (χ1n) is 4.56. The molecule has 18 heavy (non-hydrogen) atoms. The minimum atomic E-state index is -5.62. The van der Waals surface area contributed by atoms with Crippen LogP contribution in [0.25, 0.3) is 6.08 Å². The third-order valence-corrected chi connectivity index (χ3v) is 3.07. The second kappa shape index (κ2) is 5.19. The molecule has 0 radical (unpaired) electrons. The quantitative estimate of drug-likeness (QED) is 0.487. The molecule has 0 aliphatic carbocycles. The van der Waals surface area contributed by atoms with Crippen molar-refractivity contribution in [1.82, 2.24) is 0 Å². The van der Waals surface area contributed by atoms with Crippen molar-refractivity contribution in [3.8, 4) is 0 Å². The summed E-state index contributed by atoms with van der Waals surface area (Å²) in [6, 6.07) is 6.04. The van der Waals surface area contributed by atoms with E-state index in [4.69, 9.17) is 11.6 Å². The molecular weight excluding hydrogens is 293 g/mol. The van der Waals surface area contributed by atoms with Crippen molar-refractivity contribution in [2.75, 3.05) is 0 Å². The topological polar surface area (TPSA) is 43.4 Å². The Kier molecular flexibility index (Phi) is 4.28. The summed E-state index contributed by atoms with van der Waals surface area (Å²) in [5.74, 6) is -0.394. The molecule has 1 rings (SSSR count). The van der Waals surface area contributed by atoms with E-state index in [2.05, 4.69) is 4.18 Å². The molecule has 3 nitrogen and oxygen atoms in total. The predicted molar refractivity (Wildman–Crippen MR) is 61.2 cm³/mol. The van der Waals surface area contributed by atoms with Crippen molar-refractivity contribution in [3.63, 3.8) is 0 Å². The Morgan fingerprint density at radius 1 is 1.28 bits per heavy atom. The van der Waals surface area contributed by atoms with Crippen molar-refractivity contribution in [2.24, 2.45) is 0 Å². The normalized spacial score (nSPS) is 13.5. The first-order chi connectivity index (χ1) is 8.12. The third-order valence-electron chi connectivity index (χ3n) is 1.76. The highest BCUT2D eigenvalue weighted by Gasteiger charge is 2.48. The molecule has 0 atom stereocenters. The van der Waals surface area contributed by atoms with E-state index in [0.717, 1.165) is 13.0 Å². The Labute approximate surface area is 107 Å². The van der Waals surface area contributed by atoms with Gasteiger partial charge in [-0.15, -0.1) is 0 Å². The van der Waals surface area contributed by atoms with Crippen LogP contribution in [-0.2, 0) is 14.3 Å². The molecule has 0 aliphatic rings. The van der Waals surface area contributed by atoms with Gasteiger partial charge in [0, 0.05) is 5.02 Å². The van der Waals surface area contributed by atoms with Gasteiger partial charge in [0.1, 0.15) is 5.76 Å². The highest BCUT2D eigenvalue weighted by Crippen LogP contribution is 2.27. The van der Waals surface area contributed by atoms with E-state index < -0.39 is 21.4 Å². The van der Waals surface area contributed by atoms with Gasteiger partial charge < -0.3 is 4.18 Å². The smallest absolute Gasteiger partial charge is 0.381 e. The first-order valence-corrected chi connectivity index (χ1v) is 6.35. The monoisotopic (exact) mass is 300 g/mol. The summed E-state index contributed by atoms with van der Waals surface area (Å²) in [5, 5.41) is 0.452. The second-order valence-corrected chi connectivity index (χ2v) is 5.26. The van der Waals surface area contributed by atoms with Crippen molar-refractivity contribution in [2.45, 2.75) is 12.4 Å². The van der Waals surface area contributed by atoms with Crippen molar-refractivity contribution in [1.29, 1.82) is 0 Å². The van der Waals surface area contributed by atoms with Crippen LogP contribution in [0.1, 0.15) is 12.5 Å². The van der Waals surface area contributed by atoms with Crippen LogP contribution in [0.3, 0.4) is 0 Å². The lowest BCUT2D eigenvalue weighted by Crippen LogP contribution is -2.24. The molecule has 0 saturated carbocycles. The zero-order chi connectivity index (χ0) is 14.0. The van der Waals surface area contributed by atoms with E-state index in [-0.39, 0.29) is 0 Å². The van der Waals surface area contributed by atoms with E-state index in [9.17, 15) is 21.6 Å². The van der Waals surface area contributed by atoms with Crippen LogP contribution in [0.15, 0.2) is 30.0 Å². The maximum atomic E-state index is 12.0. The van der Waals surface area contributed by atoms with E-state index in [1.54, 1.807) is 0 Å². The molecule has 0 aliphatic heterocycles. The minimum absolute atomic E-state index is 0.394. The predicted octanol–water partition coefficient (Wildman–Crippen LogP) is 3.57. The molecular formula is C10H8ClF3O3S. The first kappa shape index (κ1) is 14.8. The fourth-order valence-corrected chi connectivity index (χ4v) is 1.65. The van der Waals surface area contributed by atoms with Crippen LogP contribution in [0.4, 0.5) is 13.2 Å². The van der Waals surface area contributed by atoms with Gasteiger partial charge in [0.15, 0.2) is 0 Å². The lowest BCUT2D eigenvalue weighted by Gasteiger charge is -2.09. The molecule has 0 N–H and O–H groups in total. The fourth-order valence-electron chi connectivity index (χ4n) is 1.04. The molecule has 100 valence electrons. The number of hydrogen-bond acceptors (Lipinski definition) is 3. The standard InChI is InChI=1S/C10H8ClF3O3S/c1-7(17-18(15,16)10(12,13)14)6-8-2-4-9(11)5-3-8/h2-6H,1H3/b7-6-.